The molecule has 5 heteroatoms. The minimum absolute atomic E-state index is 0.636. The molecule has 0 amide bonds. The maximum absolute atomic E-state index is 4.88. The van der Waals surface area contributed by atoms with Crippen LogP contribution in [0.3, 0.4) is 0 Å². The van der Waals surface area contributed by atoms with Crippen LogP contribution in [0.25, 0.3) is 5.57 Å². The van der Waals surface area contributed by atoms with E-state index in [2.05, 4.69) is 57.8 Å². The van der Waals surface area contributed by atoms with Gasteiger partial charge in [-0.05, 0) is 61.4 Å². The Balaban J connectivity index is 1.44. The monoisotopic (exact) mass is 385 g/mol. The number of allylic oxidation sites excluding steroid dienone is 2. The molecule has 1 aliphatic rings. The van der Waals surface area contributed by atoms with Crippen LogP contribution in [0.15, 0.2) is 66.9 Å². The second kappa shape index (κ2) is 9.32. The van der Waals surface area contributed by atoms with E-state index in [9.17, 15) is 0 Å². The van der Waals surface area contributed by atoms with Gasteiger partial charge in [0.05, 0.1) is 5.69 Å². The number of nitrogens with zero attached hydrogens (tertiary/aromatic N) is 4. The lowest BCUT2D eigenvalue weighted by Gasteiger charge is -2.19. The molecule has 29 heavy (non-hydrogen) atoms. The molecule has 0 spiro atoms. The SMILES string of the molecule is CN(c1cccc(C2=CCCCC2)n1)c1ccnc(NCCc2ccccc2)n1. The lowest BCUT2D eigenvalue weighted by atomic mass is 9.97. The third-order valence-electron chi connectivity index (χ3n) is 5.22. The second-order valence-corrected chi connectivity index (χ2v) is 7.32. The molecule has 1 aromatic carbocycles. The molecule has 4 rings (SSSR count). The quantitative estimate of drug-likeness (QED) is 0.602. The Kier molecular flexibility index (Phi) is 6.15. The molecule has 1 aliphatic carbocycles. The first-order chi connectivity index (χ1) is 14.3. The first kappa shape index (κ1) is 19.1. The van der Waals surface area contributed by atoms with E-state index in [-0.39, 0.29) is 0 Å². The van der Waals surface area contributed by atoms with Crippen LogP contribution in [0.1, 0.15) is 36.9 Å². The van der Waals surface area contributed by atoms with Crippen molar-refractivity contribution in [3.8, 4) is 0 Å². The fourth-order valence-corrected chi connectivity index (χ4v) is 3.56. The number of nitrogens with one attached hydrogen (secondary N) is 1. The van der Waals surface area contributed by atoms with Crippen molar-refractivity contribution in [2.45, 2.75) is 32.1 Å². The van der Waals surface area contributed by atoms with E-state index in [1.54, 1.807) is 6.20 Å². The molecule has 0 saturated carbocycles. The average Bonchev–Trinajstić information content (AvgIpc) is 2.80. The summed E-state index contributed by atoms with van der Waals surface area (Å²) < 4.78 is 0. The number of hydrogen-bond donors (Lipinski definition) is 1. The summed E-state index contributed by atoms with van der Waals surface area (Å²) in [5.41, 5.74) is 3.73. The molecule has 2 aromatic heterocycles. The highest BCUT2D eigenvalue weighted by Crippen LogP contribution is 2.28. The first-order valence-electron chi connectivity index (χ1n) is 10.3. The Bertz CT molecular complexity index is 968. The van der Waals surface area contributed by atoms with Crippen LogP contribution in [0, 0.1) is 0 Å². The van der Waals surface area contributed by atoms with Crippen LogP contribution in [0.2, 0.25) is 0 Å². The van der Waals surface area contributed by atoms with Crippen LogP contribution in [0.5, 0.6) is 0 Å². The van der Waals surface area contributed by atoms with E-state index in [1.807, 2.05) is 30.1 Å². The Labute approximate surface area is 172 Å². The molecule has 0 saturated heterocycles. The zero-order valence-corrected chi connectivity index (χ0v) is 16.9. The standard InChI is InChI=1S/C24H27N5/c1-29(22-14-8-13-21(27-22)20-11-6-3-7-12-20)23-16-18-26-24(28-23)25-17-15-19-9-4-2-5-10-19/h2,4-5,8-11,13-14,16,18H,3,6-7,12,15,17H2,1H3,(H,25,26,28). The fraction of sp³-hybridized carbons (Fsp3) is 0.292. The highest BCUT2D eigenvalue weighted by molar-refractivity contribution is 5.66. The molecule has 0 bridgehead atoms. The van der Waals surface area contributed by atoms with Gasteiger partial charge in [-0.15, -0.1) is 0 Å². The Morgan fingerprint density at radius 1 is 0.931 bits per heavy atom. The van der Waals surface area contributed by atoms with Gasteiger partial charge in [0.1, 0.15) is 11.6 Å². The van der Waals surface area contributed by atoms with Gasteiger partial charge in [0.2, 0.25) is 5.95 Å². The maximum atomic E-state index is 4.88. The van der Waals surface area contributed by atoms with E-state index in [0.717, 1.165) is 43.1 Å². The topological polar surface area (TPSA) is 53.9 Å². The molecule has 5 nitrogen and oxygen atoms in total. The zero-order valence-electron chi connectivity index (χ0n) is 16.9. The Morgan fingerprint density at radius 3 is 2.62 bits per heavy atom. The van der Waals surface area contributed by atoms with Gasteiger partial charge in [-0.3, -0.25) is 0 Å². The fourth-order valence-electron chi connectivity index (χ4n) is 3.56. The van der Waals surface area contributed by atoms with Gasteiger partial charge in [-0.1, -0.05) is 42.5 Å². The molecule has 0 aliphatic heterocycles. The van der Waals surface area contributed by atoms with Crippen molar-refractivity contribution in [1.29, 1.82) is 0 Å². The van der Waals surface area contributed by atoms with Gasteiger partial charge in [0, 0.05) is 19.8 Å². The lowest BCUT2D eigenvalue weighted by Crippen LogP contribution is -2.15. The van der Waals surface area contributed by atoms with Crippen molar-refractivity contribution >= 4 is 23.2 Å². The molecular formula is C24H27N5. The smallest absolute Gasteiger partial charge is 0.224 e. The molecule has 0 fully saturated rings. The molecule has 1 N–H and O–H groups in total. The largest absolute Gasteiger partial charge is 0.354 e. The normalized spacial score (nSPS) is 13.6. The Morgan fingerprint density at radius 2 is 1.79 bits per heavy atom. The van der Waals surface area contributed by atoms with Crippen molar-refractivity contribution in [2.75, 3.05) is 23.8 Å². The second-order valence-electron chi connectivity index (χ2n) is 7.32. The van der Waals surface area contributed by atoms with Crippen molar-refractivity contribution in [1.82, 2.24) is 15.0 Å². The van der Waals surface area contributed by atoms with Crippen molar-refractivity contribution in [2.24, 2.45) is 0 Å². The third kappa shape index (κ3) is 4.99. The number of hydrogen-bond acceptors (Lipinski definition) is 5. The molecule has 0 atom stereocenters. The van der Waals surface area contributed by atoms with Crippen LogP contribution in [-0.4, -0.2) is 28.5 Å². The molecule has 0 radical (unpaired) electrons. The van der Waals surface area contributed by atoms with Gasteiger partial charge >= 0.3 is 0 Å². The summed E-state index contributed by atoms with van der Waals surface area (Å²) in [6.45, 7) is 0.791. The van der Waals surface area contributed by atoms with Crippen LogP contribution < -0.4 is 10.2 Å². The third-order valence-corrected chi connectivity index (χ3v) is 5.22. The first-order valence-corrected chi connectivity index (χ1v) is 10.3. The molecule has 148 valence electrons. The van der Waals surface area contributed by atoms with E-state index < -0.39 is 0 Å². The number of aromatic nitrogens is 3. The Hall–Kier alpha value is -3.21. The van der Waals surface area contributed by atoms with Gasteiger partial charge in [-0.2, -0.15) is 4.98 Å². The van der Waals surface area contributed by atoms with Crippen LogP contribution >= 0.6 is 0 Å². The highest BCUT2D eigenvalue weighted by atomic mass is 15.2. The van der Waals surface area contributed by atoms with E-state index >= 15 is 0 Å². The van der Waals surface area contributed by atoms with Crippen molar-refractivity contribution < 1.29 is 0 Å². The summed E-state index contributed by atoms with van der Waals surface area (Å²) in [7, 11) is 2.00. The predicted octanol–water partition coefficient (Wildman–Crippen LogP) is 5.25. The summed E-state index contributed by atoms with van der Waals surface area (Å²) in [4.78, 5) is 15.9. The highest BCUT2D eigenvalue weighted by Gasteiger charge is 2.12. The number of benzene rings is 1. The number of rotatable bonds is 7. The summed E-state index contributed by atoms with van der Waals surface area (Å²) in [5, 5.41) is 3.32. The van der Waals surface area contributed by atoms with Crippen molar-refractivity contribution in [3.05, 3.63) is 78.1 Å². The minimum Gasteiger partial charge on any atom is -0.354 e. The predicted molar refractivity (Wildman–Crippen MR) is 119 cm³/mol. The molecular weight excluding hydrogens is 358 g/mol. The minimum atomic E-state index is 0.636. The van der Waals surface area contributed by atoms with E-state index in [0.29, 0.717) is 5.95 Å². The van der Waals surface area contributed by atoms with E-state index in [1.165, 1.54) is 24.0 Å². The maximum Gasteiger partial charge on any atom is 0.224 e. The van der Waals surface area contributed by atoms with Crippen LogP contribution in [-0.2, 0) is 6.42 Å². The number of anilines is 3. The lowest BCUT2D eigenvalue weighted by molar-refractivity contribution is 0.740. The molecule has 3 aromatic rings. The number of pyridine rings is 1. The zero-order chi connectivity index (χ0) is 19.9. The van der Waals surface area contributed by atoms with Crippen LogP contribution in [0.4, 0.5) is 17.6 Å². The van der Waals surface area contributed by atoms with Gasteiger partial charge in [0.15, 0.2) is 0 Å². The summed E-state index contributed by atoms with van der Waals surface area (Å²) in [6, 6.07) is 18.5. The molecule has 2 heterocycles. The summed E-state index contributed by atoms with van der Waals surface area (Å²) >= 11 is 0. The van der Waals surface area contributed by atoms with Gasteiger partial charge in [0.25, 0.3) is 0 Å². The summed E-state index contributed by atoms with van der Waals surface area (Å²) in [5.74, 6) is 2.35. The van der Waals surface area contributed by atoms with Gasteiger partial charge in [-0.25, -0.2) is 9.97 Å². The average molecular weight is 386 g/mol. The van der Waals surface area contributed by atoms with Gasteiger partial charge < -0.3 is 10.2 Å². The molecule has 0 unspecified atom stereocenters. The van der Waals surface area contributed by atoms with E-state index in [4.69, 9.17) is 4.98 Å². The van der Waals surface area contributed by atoms with Crippen molar-refractivity contribution in [3.63, 3.8) is 0 Å². The summed E-state index contributed by atoms with van der Waals surface area (Å²) in [6.07, 6.45) is 9.85.